The van der Waals surface area contributed by atoms with Crippen molar-refractivity contribution >= 4 is 14.2 Å². The molecule has 0 aliphatic carbocycles. The van der Waals surface area contributed by atoms with Crippen LogP contribution in [-0.2, 0) is 0 Å². The van der Waals surface area contributed by atoms with E-state index < -0.39 is 9.04 Å². The van der Waals surface area contributed by atoms with Crippen LogP contribution in [0, 0.1) is 13.8 Å². The Balaban J connectivity index is 2.16. The molecule has 0 atom stereocenters. The van der Waals surface area contributed by atoms with Crippen molar-refractivity contribution in [2.24, 2.45) is 0 Å². The summed E-state index contributed by atoms with van der Waals surface area (Å²) in [7, 11) is -0.953. The minimum absolute atomic E-state index is 0.953. The summed E-state index contributed by atoms with van der Waals surface area (Å²) >= 11 is 0. The molecule has 0 aliphatic rings. The lowest BCUT2D eigenvalue weighted by Crippen LogP contribution is -2.32. The Hall–Kier alpha value is -1.54. The first-order valence-corrected chi connectivity index (χ1v) is 7.71. The Bertz CT molecular complexity index is 473. The van der Waals surface area contributed by atoms with Crippen LogP contribution >= 0.6 is 0 Å². The van der Waals surface area contributed by atoms with Gasteiger partial charge in [0.2, 0.25) is 0 Å². The third-order valence-electron chi connectivity index (χ3n) is 2.65. The molecule has 0 aromatic heterocycles. The molecule has 0 saturated heterocycles. The molecular formula is C15H17OSi. The zero-order valence-electron chi connectivity index (χ0n) is 10.5. The van der Waals surface area contributed by atoms with Gasteiger partial charge < -0.3 is 4.43 Å². The SMILES string of the molecule is Cc1cc(C)cc(O[Si](C)c2ccccc2)c1. The summed E-state index contributed by atoms with van der Waals surface area (Å²) in [6.07, 6.45) is 0. The predicted octanol–water partition coefficient (Wildman–Crippen LogP) is 3.21. The van der Waals surface area contributed by atoms with E-state index in [-0.39, 0.29) is 0 Å². The maximum absolute atomic E-state index is 6.06. The van der Waals surface area contributed by atoms with Crippen LogP contribution in [0.1, 0.15) is 11.1 Å². The number of benzene rings is 2. The van der Waals surface area contributed by atoms with Gasteiger partial charge >= 0.3 is 9.04 Å². The highest BCUT2D eigenvalue weighted by molar-refractivity contribution is 6.66. The summed E-state index contributed by atoms with van der Waals surface area (Å²) in [6.45, 7) is 6.38. The van der Waals surface area contributed by atoms with Gasteiger partial charge in [-0.3, -0.25) is 0 Å². The molecule has 0 aliphatic heterocycles. The zero-order chi connectivity index (χ0) is 12.3. The van der Waals surface area contributed by atoms with Gasteiger partial charge in [-0.15, -0.1) is 0 Å². The van der Waals surface area contributed by atoms with E-state index in [0.29, 0.717) is 0 Å². The first kappa shape index (κ1) is 11.9. The smallest absolute Gasteiger partial charge is 0.313 e. The molecule has 1 nitrogen and oxygen atoms in total. The van der Waals surface area contributed by atoms with Crippen LogP contribution in [0.4, 0.5) is 0 Å². The summed E-state index contributed by atoms with van der Waals surface area (Å²) in [4.78, 5) is 0. The molecule has 17 heavy (non-hydrogen) atoms. The first-order valence-electron chi connectivity index (χ1n) is 5.80. The molecule has 0 N–H and O–H groups in total. The fourth-order valence-corrected chi connectivity index (χ4v) is 3.15. The molecule has 2 aromatic carbocycles. The zero-order valence-corrected chi connectivity index (χ0v) is 11.5. The molecule has 0 bridgehead atoms. The highest BCUT2D eigenvalue weighted by Crippen LogP contribution is 2.16. The summed E-state index contributed by atoms with van der Waals surface area (Å²) in [5.74, 6) is 0.989. The van der Waals surface area contributed by atoms with Crippen molar-refractivity contribution in [2.45, 2.75) is 20.4 Å². The van der Waals surface area contributed by atoms with Gasteiger partial charge in [0, 0.05) is 0 Å². The van der Waals surface area contributed by atoms with E-state index in [0.717, 1.165) is 5.75 Å². The van der Waals surface area contributed by atoms with E-state index in [4.69, 9.17) is 4.43 Å². The van der Waals surface area contributed by atoms with Gasteiger partial charge in [0.1, 0.15) is 5.75 Å². The fraction of sp³-hybridized carbons (Fsp3) is 0.200. The molecule has 0 saturated carbocycles. The molecule has 2 rings (SSSR count). The summed E-state index contributed by atoms with van der Waals surface area (Å²) in [5.41, 5.74) is 2.51. The van der Waals surface area contributed by atoms with Crippen LogP contribution in [-0.4, -0.2) is 9.04 Å². The predicted molar refractivity (Wildman–Crippen MR) is 74.2 cm³/mol. The van der Waals surface area contributed by atoms with Crippen LogP contribution in [0.15, 0.2) is 48.5 Å². The molecule has 0 fully saturated rings. The molecule has 2 heteroatoms. The number of hydrogen-bond acceptors (Lipinski definition) is 1. The quantitative estimate of drug-likeness (QED) is 0.750. The van der Waals surface area contributed by atoms with E-state index in [1.54, 1.807) is 0 Å². The Kier molecular flexibility index (Phi) is 3.64. The molecule has 87 valence electrons. The van der Waals surface area contributed by atoms with E-state index in [1.807, 2.05) is 6.07 Å². The topological polar surface area (TPSA) is 9.23 Å². The highest BCUT2D eigenvalue weighted by atomic mass is 28.3. The summed E-state index contributed by atoms with van der Waals surface area (Å²) in [5, 5.41) is 1.30. The lowest BCUT2D eigenvalue weighted by atomic mass is 10.1. The number of hydrogen-bond donors (Lipinski definition) is 0. The monoisotopic (exact) mass is 241 g/mol. The molecule has 0 amide bonds. The summed E-state index contributed by atoms with van der Waals surface area (Å²) < 4.78 is 6.06. The minimum Gasteiger partial charge on any atom is -0.537 e. The van der Waals surface area contributed by atoms with E-state index >= 15 is 0 Å². The van der Waals surface area contributed by atoms with Gasteiger partial charge in [-0.25, -0.2) is 0 Å². The average molecular weight is 241 g/mol. The second-order valence-electron chi connectivity index (χ2n) is 4.35. The molecule has 1 radical (unpaired) electrons. The van der Waals surface area contributed by atoms with E-state index in [9.17, 15) is 0 Å². The Morgan fingerprint density at radius 1 is 0.882 bits per heavy atom. The van der Waals surface area contributed by atoms with Crippen LogP contribution in [0.2, 0.25) is 6.55 Å². The van der Waals surface area contributed by atoms with Crippen molar-refractivity contribution in [3.05, 3.63) is 59.7 Å². The van der Waals surface area contributed by atoms with Crippen molar-refractivity contribution < 1.29 is 4.43 Å². The van der Waals surface area contributed by atoms with Crippen LogP contribution in [0.5, 0.6) is 5.75 Å². The van der Waals surface area contributed by atoms with E-state index in [2.05, 4.69) is 62.9 Å². The Labute approximate surface area is 105 Å². The normalized spacial score (nSPS) is 10.6. The van der Waals surface area contributed by atoms with Crippen molar-refractivity contribution in [1.82, 2.24) is 0 Å². The lowest BCUT2D eigenvalue weighted by Gasteiger charge is -2.14. The second-order valence-corrected chi connectivity index (χ2v) is 6.24. The third-order valence-corrected chi connectivity index (χ3v) is 4.33. The second kappa shape index (κ2) is 5.19. The summed E-state index contributed by atoms with van der Waals surface area (Å²) in [6, 6.07) is 16.8. The molecule has 2 aromatic rings. The highest BCUT2D eigenvalue weighted by Gasteiger charge is 2.11. The first-order chi connectivity index (χ1) is 8.15. The van der Waals surface area contributed by atoms with Crippen molar-refractivity contribution in [1.29, 1.82) is 0 Å². The van der Waals surface area contributed by atoms with Gasteiger partial charge in [-0.05, 0) is 48.8 Å². The van der Waals surface area contributed by atoms with Gasteiger partial charge in [0.15, 0.2) is 0 Å². The minimum atomic E-state index is -0.953. The Morgan fingerprint density at radius 3 is 2.06 bits per heavy atom. The van der Waals surface area contributed by atoms with E-state index in [1.165, 1.54) is 16.3 Å². The maximum Gasteiger partial charge on any atom is 0.313 e. The van der Waals surface area contributed by atoms with Gasteiger partial charge in [0.05, 0.1) is 0 Å². The van der Waals surface area contributed by atoms with Crippen LogP contribution in [0.3, 0.4) is 0 Å². The third kappa shape index (κ3) is 3.20. The maximum atomic E-state index is 6.06. The molecule has 0 spiro atoms. The van der Waals surface area contributed by atoms with Crippen molar-refractivity contribution in [3.63, 3.8) is 0 Å². The molecule has 0 unspecified atom stereocenters. The largest absolute Gasteiger partial charge is 0.537 e. The molecular weight excluding hydrogens is 224 g/mol. The standard InChI is InChI=1S/C15H17OSi/c1-12-9-13(2)11-14(10-12)16-17(3)15-7-5-4-6-8-15/h4-11H,1-3H3. The fourth-order valence-electron chi connectivity index (χ4n) is 1.90. The number of aryl methyl sites for hydroxylation is 2. The average Bonchev–Trinajstić information content (AvgIpc) is 2.28. The van der Waals surface area contributed by atoms with Crippen molar-refractivity contribution in [2.75, 3.05) is 0 Å². The Morgan fingerprint density at radius 2 is 1.47 bits per heavy atom. The number of rotatable bonds is 3. The van der Waals surface area contributed by atoms with Gasteiger partial charge in [-0.1, -0.05) is 36.4 Å². The van der Waals surface area contributed by atoms with Crippen LogP contribution in [0.25, 0.3) is 0 Å². The van der Waals surface area contributed by atoms with Gasteiger partial charge in [-0.2, -0.15) is 0 Å². The van der Waals surface area contributed by atoms with Gasteiger partial charge in [0.25, 0.3) is 0 Å². The molecule has 0 heterocycles. The van der Waals surface area contributed by atoms with Crippen LogP contribution < -0.4 is 9.61 Å². The lowest BCUT2D eigenvalue weighted by molar-refractivity contribution is 0.585. The van der Waals surface area contributed by atoms with Crippen molar-refractivity contribution in [3.8, 4) is 5.75 Å².